The van der Waals surface area contributed by atoms with Crippen molar-refractivity contribution in [1.82, 2.24) is 15.5 Å². The summed E-state index contributed by atoms with van der Waals surface area (Å²) in [6, 6.07) is 8.22. The number of benzene rings is 1. The molecule has 96 valence electrons. The van der Waals surface area contributed by atoms with Crippen LogP contribution in [0.25, 0.3) is 11.5 Å². The van der Waals surface area contributed by atoms with Crippen LogP contribution < -0.4 is 5.32 Å². The van der Waals surface area contributed by atoms with Crippen molar-refractivity contribution in [2.24, 2.45) is 0 Å². The molecule has 1 atom stereocenters. The highest BCUT2D eigenvalue weighted by Crippen LogP contribution is 2.24. The molecule has 4 heteroatoms. The van der Waals surface area contributed by atoms with E-state index in [0.717, 1.165) is 18.5 Å². The summed E-state index contributed by atoms with van der Waals surface area (Å²) in [5.41, 5.74) is 2.26. The van der Waals surface area contributed by atoms with Crippen molar-refractivity contribution in [1.29, 1.82) is 0 Å². The van der Waals surface area contributed by atoms with Crippen LogP contribution >= 0.6 is 0 Å². The highest BCUT2D eigenvalue weighted by atomic mass is 16.4. The van der Waals surface area contributed by atoms with Gasteiger partial charge in [0.2, 0.25) is 11.8 Å². The maximum absolute atomic E-state index is 5.74. The van der Waals surface area contributed by atoms with Crippen LogP contribution in [-0.4, -0.2) is 16.7 Å². The molecule has 1 aromatic heterocycles. The van der Waals surface area contributed by atoms with Crippen LogP contribution in [0.5, 0.6) is 0 Å². The van der Waals surface area contributed by atoms with E-state index in [2.05, 4.69) is 35.4 Å². The zero-order chi connectivity index (χ0) is 13.0. The molecular weight excluding hydrogens is 226 g/mol. The van der Waals surface area contributed by atoms with Crippen LogP contribution in [0.3, 0.4) is 0 Å². The third-order valence-electron chi connectivity index (χ3n) is 2.95. The van der Waals surface area contributed by atoms with Crippen molar-refractivity contribution in [2.75, 3.05) is 6.54 Å². The number of rotatable bonds is 5. The molecule has 0 radical (unpaired) electrons. The lowest BCUT2D eigenvalue weighted by Crippen LogP contribution is -2.17. The summed E-state index contributed by atoms with van der Waals surface area (Å²) >= 11 is 0. The minimum atomic E-state index is 0.0880. The van der Waals surface area contributed by atoms with Gasteiger partial charge in [-0.1, -0.05) is 32.0 Å². The Hall–Kier alpha value is -1.68. The lowest BCUT2D eigenvalue weighted by atomic mass is 10.1. The van der Waals surface area contributed by atoms with Gasteiger partial charge < -0.3 is 9.73 Å². The topological polar surface area (TPSA) is 51.0 Å². The molecule has 0 aliphatic heterocycles. The highest BCUT2D eigenvalue weighted by molar-refractivity contribution is 5.58. The van der Waals surface area contributed by atoms with E-state index >= 15 is 0 Å². The maximum atomic E-state index is 5.74. The first-order chi connectivity index (χ1) is 8.76. The van der Waals surface area contributed by atoms with E-state index < -0.39 is 0 Å². The van der Waals surface area contributed by atoms with Gasteiger partial charge in [0, 0.05) is 5.56 Å². The average Bonchev–Trinajstić information content (AvgIpc) is 2.88. The predicted molar refractivity (Wildman–Crippen MR) is 71.2 cm³/mol. The number of hydrogen-bond donors (Lipinski definition) is 1. The molecule has 0 saturated heterocycles. The second kappa shape index (κ2) is 5.78. The van der Waals surface area contributed by atoms with Crippen molar-refractivity contribution in [2.45, 2.75) is 33.2 Å². The zero-order valence-electron chi connectivity index (χ0n) is 11.1. The van der Waals surface area contributed by atoms with Crippen molar-refractivity contribution in [3.8, 4) is 11.5 Å². The summed E-state index contributed by atoms with van der Waals surface area (Å²) in [7, 11) is 0. The minimum absolute atomic E-state index is 0.0880. The fourth-order valence-corrected chi connectivity index (χ4v) is 1.95. The minimum Gasteiger partial charge on any atom is -0.419 e. The lowest BCUT2D eigenvalue weighted by molar-refractivity contribution is 0.428. The second-order valence-corrected chi connectivity index (χ2v) is 4.24. The summed E-state index contributed by atoms with van der Waals surface area (Å²) in [5, 5.41) is 11.5. The van der Waals surface area contributed by atoms with Gasteiger partial charge in [-0.05, 0) is 31.5 Å². The molecule has 2 rings (SSSR count). The van der Waals surface area contributed by atoms with Gasteiger partial charge in [-0.2, -0.15) is 0 Å². The normalized spacial score (nSPS) is 12.6. The van der Waals surface area contributed by atoms with Crippen LogP contribution in [-0.2, 0) is 6.42 Å². The van der Waals surface area contributed by atoms with Crippen molar-refractivity contribution < 1.29 is 4.42 Å². The first kappa shape index (κ1) is 12.8. The van der Waals surface area contributed by atoms with Gasteiger partial charge in [0.05, 0.1) is 6.04 Å². The Morgan fingerprint density at radius 2 is 2.00 bits per heavy atom. The van der Waals surface area contributed by atoms with Gasteiger partial charge in [0.25, 0.3) is 0 Å². The van der Waals surface area contributed by atoms with Gasteiger partial charge in [0.15, 0.2) is 0 Å². The first-order valence-corrected chi connectivity index (χ1v) is 6.41. The third kappa shape index (κ3) is 2.59. The molecule has 1 aromatic carbocycles. The zero-order valence-corrected chi connectivity index (χ0v) is 11.1. The van der Waals surface area contributed by atoms with Crippen LogP contribution in [0.4, 0.5) is 0 Å². The second-order valence-electron chi connectivity index (χ2n) is 4.24. The molecule has 18 heavy (non-hydrogen) atoms. The Labute approximate surface area is 107 Å². The van der Waals surface area contributed by atoms with E-state index in [0.29, 0.717) is 11.8 Å². The summed E-state index contributed by atoms with van der Waals surface area (Å²) in [6.07, 6.45) is 0.955. The molecule has 1 N–H and O–H groups in total. The van der Waals surface area contributed by atoms with Gasteiger partial charge in [-0.25, -0.2) is 0 Å². The number of nitrogens with one attached hydrogen (secondary N) is 1. The van der Waals surface area contributed by atoms with E-state index in [9.17, 15) is 0 Å². The molecular formula is C14H19N3O. The number of aromatic nitrogens is 2. The van der Waals surface area contributed by atoms with Crippen LogP contribution in [0.15, 0.2) is 28.7 Å². The number of nitrogens with zero attached hydrogens (tertiary/aromatic N) is 2. The molecule has 0 aliphatic carbocycles. The van der Waals surface area contributed by atoms with Crippen molar-refractivity contribution >= 4 is 0 Å². The molecule has 4 nitrogen and oxygen atoms in total. The van der Waals surface area contributed by atoms with E-state index in [1.54, 1.807) is 0 Å². The lowest BCUT2D eigenvalue weighted by Gasteiger charge is -2.06. The monoisotopic (exact) mass is 245 g/mol. The van der Waals surface area contributed by atoms with Crippen LogP contribution in [0, 0.1) is 0 Å². The largest absolute Gasteiger partial charge is 0.419 e. The van der Waals surface area contributed by atoms with Gasteiger partial charge >= 0.3 is 0 Å². The van der Waals surface area contributed by atoms with E-state index in [1.807, 2.05) is 25.1 Å². The van der Waals surface area contributed by atoms with Gasteiger partial charge in [-0.15, -0.1) is 10.2 Å². The average molecular weight is 245 g/mol. The SMILES string of the molecule is CCNC(C)c1nnc(-c2ccccc2CC)o1. The van der Waals surface area contributed by atoms with Crippen LogP contribution in [0.2, 0.25) is 0 Å². The molecule has 2 aromatic rings. The number of hydrogen-bond acceptors (Lipinski definition) is 4. The molecule has 1 heterocycles. The summed E-state index contributed by atoms with van der Waals surface area (Å²) < 4.78 is 5.74. The molecule has 1 unspecified atom stereocenters. The van der Waals surface area contributed by atoms with E-state index in [-0.39, 0.29) is 6.04 Å². The Morgan fingerprint density at radius 1 is 1.22 bits per heavy atom. The fraction of sp³-hybridized carbons (Fsp3) is 0.429. The molecule has 0 saturated carbocycles. The number of aryl methyl sites for hydroxylation is 1. The van der Waals surface area contributed by atoms with Crippen LogP contribution in [0.1, 0.15) is 38.3 Å². The van der Waals surface area contributed by atoms with Crippen molar-refractivity contribution in [3.63, 3.8) is 0 Å². The Balaban J connectivity index is 2.29. The first-order valence-electron chi connectivity index (χ1n) is 6.41. The summed E-state index contributed by atoms with van der Waals surface area (Å²) in [4.78, 5) is 0. The van der Waals surface area contributed by atoms with Crippen molar-refractivity contribution in [3.05, 3.63) is 35.7 Å². The van der Waals surface area contributed by atoms with Gasteiger partial charge in [0.1, 0.15) is 0 Å². The quantitative estimate of drug-likeness (QED) is 0.879. The Morgan fingerprint density at radius 3 is 2.72 bits per heavy atom. The highest BCUT2D eigenvalue weighted by Gasteiger charge is 2.15. The Bertz CT molecular complexity index is 507. The molecule has 0 spiro atoms. The third-order valence-corrected chi connectivity index (χ3v) is 2.95. The molecule has 0 amide bonds. The summed E-state index contributed by atoms with van der Waals surface area (Å²) in [5.74, 6) is 1.24. The standard InChI is InChI=1S/C14H19N3O/c1-4-11-8-6-7-9-12(11)14-17-16-13(18-14)10(3)15-5-2/h6-10,15H,4-5H2,1-3H3. The van der Waals surface area contributed by atoms with E-state index in [4.69, 9.17) is 4.42 Å². The molecule has 0 aliphatic rings. The maximum Gasteiger partial charge on any atom is 0.248 e. The smallest absolute Gasteiger partial charge is 0.248 e. The fourth-order valence-electron chi connectivity index (χ4n) is 1.95. The van der Waals surface area contributed by atoms with E-state index in [1.165, 1.54) is 5.56 Å². The summed E-state index contributed by atoms with van der Waals surface area (Å²) in [6.45, 7) is 7.08. The predicted octanol–water partition coefficient (Wildman–Crippen LogP) is 2.97. The molecule has 0 fully saturated rings. The Kier molecular flexibility index (Phi) is 4.10. The van der Waals surface area contributed by atoms with Gasteiger partial charge in [-0.3, -0.25) is 0 Å². The molecule has 0 bridgehead atoms.